The van der Waals surface area contributed by atoms with E-state index in [1.165, 1.54) is 0 Å². The van der Waals surface area contributed by atoms with E-state index in [9.17, 15) is 0 Å². The molecule has 0 N–H and O–H groups in total. The van der Waals surface area contributed by atoms with E-state index in [-0.39, 0.29) is 0 Å². The van der Waals surface area contributed by atoms with Crippen LogP contribution in [0.2, 0.25) is 0 Å². The van der Waals surface area contributed by atoms with Crippen LogP contribution < -0.4 is 0 Å². The van der Waals surface area contributed by atoms with E-state index < -0.39 is 0 Å². The largest absolute Gasteiger partial charge is 0.106 e. The van der Waals surface area contributed by atoms with Crippen LogP contribution in [0, 0.1) is 0 Å². The minimum Gasteiger partial charge on any atom is -0.106 e. The Bertz CT molecular complexity index is 78.0. The highest BCUT2D eigenvalue weighted by Gasteiger charge is 1.42. The van der Waals surface area contributed by atoms with Crippen molar-refractivity contribution in [1.29, 1.82) is 0 Å². The fraction of sp³-hybridized carbons (Fsp3) is 0.333. The lowest BCUT2D eigenvalue weighted by Gasteiger charge is -1.56. The summed E-state index contributed by atoms with van der Waals surface area (Å²) in [6, 6.07) is 0. The third-order valence-corrected chi connectivity index (χ3v) is 0.329. The van der Waals surface area contributed by atoms with Crippen LogP contribution in [0.4, 0.5) is 0 Å². The summed E-state index contributed by atoms with van der Waals surface area (Å²) in [6.07, 6.45) is 7.33. The Labute approximate surface area is 79.0 Å². The molecule has 0 aliphatic rings. The van der Waals surface area contributed by atoms with Gasteiger partial charge in [-0.2, -0.15) is 0 Å². The van der Waals surface area contributed by atoms with Crippen molar-refractivity contribution < 1.29 is 0 Å². The molecule has 0 unspecified atom stereocenters. The van der Waals surface area contributed by atoms with E-state index in [0.717, 1.165) is 0 Å². The van der Waals surface area contributed by atoms with Crippen LogP contribution in [-0.2, 0) is 0 Å². The molecular weight excluding hydrogens is 144 g/mol. The van der Waals surface area contributed by atoms with Gasteiger partial charge < -0.3 is 0 Å². The average Bonchev–Trinajstić information content (AvgIpc) is 2.14. The molecule has 12 heavy (non-hydrogen) atoms. The zero-order valence-electron chi connectivity index (χ0n) is 9.14. The first-order valence-electron chi connectivity index (χ1n) is 4.14. The highest BCUT2D eigenvalue weighted by Crippen LogP contribution is 1.64. The smallest absolute Gasteiger partial charge is 0.0467 e. The molecule has 0 bridgehead atoms. The highest BCUT2D eigenvalue weighted by atomic mass is 13.5. The van der Waals surface area contributed by atoms with Crippen molar-refractivity contribution in [2.45, 2.75) is 27.7 Å². The summed E-state index contributed by atoms with van der Waals surface area (Å²) in [5.74, 6) is 0. The second-order valence-corrected chi connectivity index (χ2v) is 1.17. The third-order valence-electron chi connectivity index (χ3n) is 0.329. The van der Waals surface area contributed by atoms with Gasteiger partial charge in [0.05, 0.1) is 0 Å². The SMILES string of the molecule is C=C.C=C/C=C\C.C=CC.CC. The maximum atomic E-state index is 3.46. The Morgan fingerprint density at radius 2 is 1.17 bits per heavy atom. The molecule has 0 amide bonds. The standard InChI is InChI=1S/C5H8.C3H6.C2H6.C2H4/c1-3-5-4-2;1-3-2;2*1-2/h3-5H,1H2,2H3;3H,1H2,2H3;1-2H3;1-2H2/b5-4-;;;. The van der Waals surface area contributed by atoms with Crippen molar-refractivity contribution in [3.05, 3.63) is 50.6 Å². The predicted molar refractivity (Wildman–Crippen MR) is 63.5 cm³/mol. The lowest BCUT2D eigenvalue weighted by atomic mass is 10.5. The van der Waals surface area contributed by atoms with Crippen LogP contribution >= 0.6 is 0 Å². The topological polar surface area (TPSA) is 0 Å². The molecule has 0 saturated heterocycles. The molecule has 0 rings (SSSR count). The molecule has 0 aromatic rings. The predicted octanol–water partition coefficient (Wildman–Crippen LogP) is 4.77. The molecule has 0 fully saturated rings. The molecule has 0 aliphatic heterocycles. The van der Waals surface area contributed by atoms with Gasteiger partial charge in [0.1, 0.15) is 0 Å². The van der Waals surface area contributed by atoms with Crippen LogP contribution in [0.15, 0.2) is 50.6 Å². The van der Waals surface area contributed by atoms with Gasteiger partial charge in [-0.3, -0.25) is 0 Å². The number of allylic oxidation sites excluding steroid dienone is 4. The Kier molecular flexibility index (Phi) is 171. The monoisotopic (exact) mass is 168 g/mol. The van der Waals surface area contributed by atoms with Crippen molar-refractivity contribution in [3.63, 3.8) is 0 Å². The molecule has 0 aromatic heterocycles. The summed E-state index contributed by atoms with van der Waals surface area (Å²) in [5, 5.41) is 0. The Hall–Kier alpha value is -1.04. The van der Waals surface area contributed by atoms with Gasteiger partial charge in [-0.05, 0) is 13.8 Å². The molecule has 0 heterocycles. The fourth-order valence-electron chi connectivity index (χ4n) is 0.136. The van der Waals surface area contributed by atoms with Crippen molar-refractivity contribution in [2.75, 3.05) is 0 Å². The third kappa shape index (κ3) is 616. The van der Waals surface area contributed by atoms with Crippen LogP contribution in [0.5, 0.6) is 0 Å². The minimum absolute atomic E-state index is 1.75. The maximum absolute atomic E-state index is 3.46. The van der Waals surface area contributed by atoms with Crippen molar-refractivity contribution in [1.82, 2.24) is 0 Å². The first-order valence-corrected chi connectivity index (χ1v) is 4.14. The summed E-state index contributed by atoms with van der Waals surface area (Å²) in [7, 11) is 0. The van der Waals surface area contributed by atoms with Gasteiger partial charge in [-0.1, -0.05) is 44.7 Å². The number of hydrogen-bond acceptors (Lipinski definition) is 0. The molecular formula is C12H24. The Balaban J connectivity index is -0.0000000397. The molecule has 0 saturated carbocycles. The van der Waals surface area contributed by atoms with Gasteiger partial charge in [-0.15, -0.1) is 19.7 Å². The number of rotatable bonds is 1. The Morgan fingerprint density at radius 1 is 0.917 bits per heavy atom. The summed E-state index contributed by atoms with van der Waals surface area (Å²) in [6.45, 7) is 20.7. The summed E-state index contributed by atoms with van der Waals surface area (Å²) >= 11 is 0. The summed E-state index contributed by atoms with van der Waals surface area (Å²) < 4.78 is 0. The van der Waals surface area contributed by atoms with E-state index in [1.807, 2.05) is 39.8 Å². The van der Waals surface area contributed by atoms with Crippen molar-refractivity contribution in [3.8, 4) is 0 Å². The molecule has 0 aliphatic carbocycles. The normalized spacial score (nSPS) is 5.67. The average molecular weight is 168 g/mol. The van der Waals surface area contributed by atoms with Gasteiger partial charge in [0.2, 0.25) is 0 Å². The van der Waals surface area contributed by atoms with Gasteiger partial charge in [-0.25, -0.2) is 0 Å². The van der Waals surface area contributed by atoms with Crippen LogP contribution in [0.25, 0.3) is 0 Å². The second-order valence-electron chi connectivity index (χ2n) is 1.17. The molecule has 72 valence electrons. The van der Waals surface area contributed by atoms with Gasteiger partial charge in [0.15, 0.2) is 0 Å². The van der Waals surface area contributed by atoms with E-state index in [0.29, 0.717) is 0 Å². The van der Waals surface area contributed by atoms with Gasteiger partial charge in [0, 0.05) is 0 Å². The lowest BCUT2D eigenvalue weighted by molar-refractivity contribution is 1.50. The summed E-state index contributed by atoms with van der Waals surface area (Å²) in [5.41, 5.74) is 0. The van der Waals surface area contributed by atoms with E-state index in [4.69, 9.17) is 0 Å². The molecule has 0 aromatic carbocycles. The molecule has 0 spiro atoms. The number of hydrogen-bond donors (Lipinski definition) is 0. The molecule has 0 radical (unpaired) electrons. The highest BCUT2D eigenvalue weighted by molar-refractivity contribution is 4.94. The molecule has 0 atom stereocenters. The first kappa shape index (κ1) is 22.4. The van der Waals surface area contributed by atoms with Crippen LogP contribution in [-0.4, -0.2) is 0 Å². The fourth-order valence-corrected chi connectivity index (χ4v) is 0.136. The minimum atomic E-state index is 1.75. The van der Waals surface area contributed by atoms with E-state index in [1.54, 1.807) is 12.2 Å². The van der Waals surface area contributed by atoms with Crippen molar-refractivity contribution in [2.24, 2.45) is 0 Å². The molecule has 0 heteroatoms. The van der Waals surface area contributed by atoms with Crippen LogP contribution in [0.1, 0.15) is 27.7 Å². The lowest BCUT2D eigenvalue weighted by Crippen LogP contribution is -1.33. The van der Waals surface area contributed by atoms with Gasteiger partial charge >= 0.3 is 0 Å². The van der Waals surface area contributed by atoms with Gasteiger partial charge in [0.25, 0.3) is 0 Å². The quantitative estimate of drug-likeness (QED) is 0.391. The zero-order valence-corrected chi connectivity index (χ0v) is 9.14. The summed E-state index contributed by atoms with van der Waals surface area (Å²) in [4.78, 5) is 0. The maximum Gasteiger partial charge on any atom is -0.0467 e. The van der Waals surface area contributed by atoms with Crippen LogP contribution in [0.3, 0.4) is 0 Å². The van der Waals surface area contributed by atoms with Crippen molar-refractivity contribution >= 4 is 0 Å². The second kappa shape index (κ2) is 91.3. The zero-order chi connectivity index (χ0) is 10.8. The Morgan fingerprint density at radius 3 is 1.17 bits per heavy atom. The molecule has 0 nitrogen and oxygen atoms in total. The first-order chi connectivity index (χ1) is 5.83. The van der Waals surface area contributed by atoms with E-state index >= 15 is 0 Å². The van der Waals surface area contributed by atoms with E-state index in [2.05, 4.69) is 26.3 Å².